The largest absolute Gasteiger partial charge is 0.310 e. The summed E-state index contributed by atoms with van der Waals surface area (Å²) in [5, 5.41) is 13.1. The molecule has 0 fully saturated rings. The van der Waals surface area contributed by atoms with Gasteiger partial charge in [-0.1, -0.05) is 208 Å². The molecule has 1 heterocycles. The second kappa shape index (κ2) is 14.8. The smallest absolute Gasteiger partial charge is 0.179 e. The van der Waals surface area contributed by atoms with Gasteiger partial charge in [0.15, 0.2) is 8.07 Å². The second-order valence-electron chi connectivity index (χ2n) is 18.5. The van der Waals surface area contributed by atoms with E-state index in [9.17, 15) is 0 Å². The van der Waals surface area contributed by atoms with Gasteiger partial charge in [-0.2, -0.15) is 0 Å². The van der Waals surface area contributed by atoms with Gasteiger partial charge in [0, 0.05) is 38.6 Å². The van der Waals surface area contributed by atoms with E-state index in [1.165, 1.54) is 86.4 Å². The first-order valence-corrected chi connectivity index (χ1v) is 25.1. The van der Waals surface area contributed by atoms with Gasteiger partial charge in [0.25, 0.3) is 0 Å². The maximum Gasteiger partial charge on any atom is 0.179 e. The first-order chi connectivity index (χ1) is 32.5. The molecule has 0 saturated carbocycles. The Labute approximate surface area is 386 Å². The van der Waals surface area contributed by atoms with Crippen molar-refractivity contribution in [1.82, 2.24) is 4.57 Å². The molecule has 1 aromatic heterocycles. The van der Waals surface area contributed by atoms with Crippen molar-refractivity contribution in [3.63, 3.8) is 0 Å². The van der Waals surface area contributed by atoms with Crippen LogP contribution in [0, 0.1) is 0 Å². The third kappa shape index (κ3) is 5.60. The molecule has 0 amide bonds. The molecule has 2 nitrogen and oxygen atoms in total. The monoisotopic (exact) mass is 858 g/mol. The van der Waals surface area contributed by atoms with Crippen molar-refractivity contribution >= 4 is 89.2 Å². The van der Waals surface area contributed by atoms with Gasteiger partial charge in [0.2, 0.25) is 0 Å². The average molecular weight is 859 g/mol. The van der Waals surface area contributed by atoms with Gasteiger partial charge in [0.1, 0.15) is 0 Å². The summed E-state index contributed by atoms with van der Waals surface area (Å²) in [6.45, 7) is 4.86. The number of rotatable bonds is 8. The molecule has 0 N–H and O–H groups in total. The minimum Gasteiger partial charge on any atom is -0.310 e. The fourth-order valence-corrected chi connectivity index (χ4v) is 16.4. The highest BCUT2D eigenvalue weighted by Gasteiger charge is 2.44. The Kier molecular flexibility index (Phi) is 8.62. The molecule has 13 rings (SSSR count). The van der Waals surface area contributed by atoms with Gasteiger partial charge < -0.3 is 9.47 Å². The number of aromatic nitrogens is 1. The first-order valence-electron chi connectivity index (χ1n) is 23.1. The van der Waals surface area contributed by atoms with E-state index in [1.54, 1.807) is 0 Å². The van der Waals surface area contributed by atoms with Crippen LogP contribution in [0.4, 0.5) is 17.1 Å². The van der Waals surface area contributed by atoms with Crippen LogP contribution < -0.4 is 25.6 Å². The van der Waals surface area contributed by atoms with Crippen LogP contribution in [0.3, 0.4) is 0 Å². The third-order valence-electron chi connectivity index (χ3n) is 14.6. The van der Waals surface area contributed by atoms with Gasteiger partial charge >= 0.3 is 0 Å². The summed E-state index contributed by atoms with van der Waals surface area (Å²) in [4.78, 5) is 2.51. The van der Waals surface area contributed by atoms with E-state index in [2.05, 4.69) is 266 Å². The molecule has 0 aliphatic heterocycles. The van der Waals surface area contributed by atoms with Crippen molar-refractivity contribution in [2.24, 2.45) is 0 Å². The van der Waals surface area contributed by atoms with E-state index < -0.39 is 8.07 Å². The maximum atomic E-state index is 2.58. The highest BCUT2D eigenvalue weighted by molar-refractivity contribution is 7.19. The van der Waals surface area contributed by atoms with Gasteiger partial charge in [-0.05, 0) is 108 Å². The summed E-state index contributed by atoms with van der Waals surface area (Å²) >= 11 is 0. The summed E-state index contributed by atoms with van der Waals surface area (Å²) in [5.41, 5.74) is 12.1. The number of fused-ring (bicyclic) bond motifs is 4. The fourth-order valence-electron chi connectivity index (χ4n) is 11.7. The minimum atomic E-state index is -2.74. The van der Waals surface area contributed by atoms with Gasteiger partial charge in [-0.25, -0.2) is 0 Å². The van der Waals surface area contributed by atoms with Crippen LogP contribution in [0.25, 0.3) is 60.2 Å². The maximum absolute atomic E-state index is 2.74. The molecule has 0 atom stereocenters. The standard InChI is InChI=1S/C63H46N2Si/c1-63(2)56-40-47(35-37-54(56)55-38-36-52(42-57(55)63)66(49-24-9-4-10-25-49,50-26-11-5-12-27-50)51-28-13-6-14-29-51)64(58-31-17-20-43-19-15-16-30-53(43)58)48-39-45-34-33-44-21-18-32-59-61(44)62(45)60(41-48)65(59)46-22-7-3-8-23-46/h3-42H,1-2H3. The third-order valence-corrected chi connectivity index (χ3v) is 19.4. The normalized spacial score (nSPS) is 13.1. The summed E-state index contributed by atoms with van der Waals surface area (Å²) in [6.07, 6.45) is 0. The average Bonchev–Trinajstić information content (AvgIpc) is 3.83. The van der Waals surface area contributed by atoms with Crippen LogP contribution in [0.1, 0.15) is 25.0 Å². The number of anilines is 3. The molecule has 312 valence electrons. The van der Waals surface area contributed by atoms with E-state index in [0.717, 1.165) is 22.7 Å². The number of hydrogen-bond donors (Lipinski definition) is 0. The highest BCUT2D eigenvalue weighted by atomic mass is 28.3. The Bertz CT molecular complexity index is 3680. The van der Waals surface area contributed by atoms with Gasteiger partial charge in [-0.3, -0.25) is 0 Å². The Hall–Kier alpha value is -7.98. The molecule has 12 aromatic rings. The quantitative estimate of drug-likeness (QED) is 0.0840. The van der Waals surface area contributed by atoms with Crippen molar-refractivity contribution in [2.45, 2.75) is 19.3 Å². The molecule has 0 radical (unpaired) electrons. The number of hydrogen-bond acceptors (Lipinski definition) is 1. The van der Waals surface area contributed by atoms with E-state index >= 15 is 0 Å². The lowest BCUT2D eigenvalue weighted by Gasteiger charge is -2.35. The van der Waals surface area contributed by atoms with Crippen LogP contribution in [-0.2, 0) is 5.41 Å². The number of benzene rings is 11. The summed E-state index contributed by atoms with van der Waals surface area (Å²) in [6, 6.07) is 91.0. The highest BCUT2D eigenvalue weighted by Crippen LogP contribution is 2.52. The van der Waals surface area contributed by atoms with E-state index in [0.29, 0.717) is 0 Å². The predicted molar refractivity (Wildman–Crippen MR) is 283 cm³/mol. The molecule has 1 aliphatic carbocycles. The molecule has 0 spiro atoms. The van der Waals surface area contributed by atoms with Crippen molar-refractivity contribution in [1.29, 1.82) is 0 Å². The lowest BCUT2D eigenvalue weighted by molar-refractivity contribution is 0.661. The topological polar surface area (TPSA) is 8.17 Å². The SMILES string of the molecule is CC1(C)c2cc(N(c3cc4ccc5cccc6c5c4c(c3)n6-c3ccccc3)c3cccc4ccccc34)ccc2-c2ccc([Si](c3ccccc3)(c3ccccc3)c3ccccc3)cc21. The molecule has 1 aliphatic rings. The Morgan fingerprint density at radius 3 is 1.62 bits per heavy atom. The van der Waals surface area contributed by atoms with Crippen molar-refractivity contribution in [3.05, 3.63) is 254 Å². The summed E-state index contributed by atoms with van der Waals surface area (Å²) < 4.78 is 2.46. The van der Waals surface area contributed by atoms with Gasteiger partial charge in [-0.15, -0.1) is 0 Å². The summed E-state index contributed by atoms with van der Waals surface area (Å²) in [7, 11) is -2.74. The van der Waals surface area contributed by atoms with Crippen LogP contribution in [0.15, 0.2) is 243 Å². The zero-order valence-corrected chi connectivity index (χ0v) is 38.0. The number of nitrogens with zero attached hydrogens (tertiary/aromatic N) is 2. The van der Waals surface area contributed by atoms with E-state index in [-0.39, 0.29) is 5.41 Å². The Balaban J connectivity index is 1.03. The van der Waals surface area contributed by atoms with Crippen LogP contribution >= 0.6 is 0 Å². The Morgan fingerprint density at radius 2 is 0.924 bits per heavy atom. The molecule has 0 saturated heterocycles. The molecule has 3 heteroatoms. The predicted octanol–water partition coefficient (Wildman–Crippen LogP) is 13.7. The fraction of sp³-hybridized carbons (Fsp3) is 0.0476. The molecule has 11 aromatic carbocycles. The lowest BCUT2D eigenvalue weighted by Crippen LogP contribution is -2.74. The number of para-hydroxylation sites is 1. The lowest BCUT2D eigenvalue weighted by atomic mass is 9.82. The molecule has 0 bridgehead atoms. The van der Waals surface area contributed by atoms with Crippen molar-refractivity contribution in [3.8, 4) is 16.8 Å². The molecular formula is C63H46N2Si. The molecule has 0 unspecified atom stereocenters. The van der Waals surface area contributed by atoms with E-state index in [4.69, 9.17) is 0 Å². The van der Waals surface area contributed by atoms with Gasteiger partial charge in [0.05, 0.1) is 16.7 Å². The minimum absolute atomic E-state index is 0.278. The second-order valence-corrected chi connectivity index (χ2v) is 22.3. The van der Waals surface area contributed by atoms with Crippen LogP contribution in [0.5, 0.6) is 0 Å². The van der Waals surface area contributed by atoms with Crippen LogP contribution in [0.2, 0.25) is 0 Å². The van der Waals surface area contributed by atoms with Crippen LogP contribution in [-0.4, -0.2) is 12.6 Å². The summed E-state index contributed by atoms with van der Waals surface area (Å²) in [5.74, 6) is 0. The zero-order valence-electron chi connectivity index (χ0n) is 37.0. The van der Waals surface area contributed by atoms with Crippen molar-refractivity contribution < 1.29 is 0 Å². The molecule has 66 heavy (non-hydrogen) atoms. The van der Waals surface area contributed by atoms with E-state index in [1.807, 2.05) is 0 Å². The Morgan fingerprint density at radius 1 is 0.379 bits per heavy atom. The van der Waals surface area contributed by atoms with Crippen molar-refractivity contribution in [2.75, 3.05) is 4.90 Å². The molecular weight excluding hydrogens is 813 g/mol. The zero-order chi connectivity index (χ0) is 44.0. The first kappa shape index (κ1) is 38.5.